The Hall–Kier alpha value is -3.71. The standard InChI is InChI=1S/C32H35Cl2NO10S/c1-41-28-13-11-20(15-29(28)42-2)10-12-27(21-7-6-8-22(16-21)44-19-30(36)37)45-32(38)26-9-4-5-14-35(26)46(39,40)23-17-24(33)31(43-3)25(34)18-23/h6-8,11,13,15-18,26-27H,4-5,9-10,12,14,19H2,1-3H3,(H,36,37)/t26?,27-/m1/s1. The number of hydrogen-bond donors (Lipinski definition) is 1. The SMILES string of the molecule is COc1ccc(CC[C@@H](OC(=O)C2CCCCN2S(=O)(=O)c2cc(Cl)c(OC)c(Cl)c2)c2cccc(OCC(=O)O)c2)cc1OC. The Morgan fingerprint density at radius 1 is 0.957 bits per heavy atom. The summed E-state index contributed by atoms with van der Waals surface area (Å²) in [6.45, 7) is -0.452. The van der Waals surface area contributed by atoms with E-state index in [1.54, 1.807) is 37.4 Å². The lowest BCUT2D eigenvalue weighted by Crippen LogP contribution is -2.48. The molecular weight excluding hydrogens is 661 g/mol. The van der Waals surface area contributed by atoms with E-state index in [2.05, 4.69) is 0 Å². The number of carbonyl (C=O) groups is 2. The average molecular weight is 697 g/mol. The van der Waals surface area contributed by atoms with Crippen molar-refractivity contribution in [2.45, 2.75) is 49.1 Å². The van der Waals surface area contributed by atoms with Crippen LogP contribution in [0.15, 0.2) is 59.5 Å². The van der Waals surface area contributed by atoms with Gasteiger partial charge in [0.1, 0.15) is 17.9 Å². The van der Waals surface area contributed by atoms with E-state index in [9.17, 15) is 18.0 Å². The molecule has 1 fully saturated rings. The minimum Gasteiger partial charge on any atom is -0.494 e. The Kier molecular flexibility index (Phi) is 12.0. The van der Waals surface area contributed by atoms with Gasteiger partial charge in [-0.1, -0.05) is 41.4 Å². The molecule has 3 aromatic rings. The van der Waals surface area contributed by atoms with Gasteiger partial charge in [-0.2, -0.15) is 4.31 Å². The Morgan fingerprint density at radius 3 is 2.33 bits per heavy atom. The van der Waals surface area contributed by atoms with E-state index in [0.29, 0.717) is 42.7 Å². The van der Waals surface area contributed by atoms with Gasteiger partial charge in [-0.25, -0.2) is 13.2 Å². The molecule has 4 rings (SSSR count). The number of rotatable bonds is 14. The van der Waals surface area contributed by atoms with Gasteiger partial charge in [0.15, 0.2) is 23.9 Å². The van der Waals surface area contributed by atoms with Gasteiger partial charge in [-0.15, -0.1) is 0 Å². The van der Waals surface area contributed by atoms with Crippen LogP contribution in [0.3, 0.4) is 0 Å². The summed E-state index contributed by atoms with van der Waals surface area (Å²) in [6, 6.07) is 13.5. The number of carboxylic acids is 1. The molecule has 1 unspecified atom stereocenters. The zero-order chi connectivity index (χ0) is 33.4. The van der Waals surface area contributed by atoms with E-state index in [-0.39, 0.29) is 39.4 Å². The highest BCUT2D eigenvalue weighted by atomic mass is 35.5. The number of aliphatic carboxylic acids is 1. The normalized spacial score (nSPS) is 15.9. The summed E-state index contributed by atoms with van der Waals surface area (Å²) in [5.74, 6) is -0.330. The number of nitrogens with zero attached hydrogens (tertiary/aromatic N) is 1. The number of methoxy groups -OCH3 is 3. The first-order valence-electron chi connectivity index (χ1n) is 14.4. The van der Waals surface area contributed by atoms with Crippen LogP contribution in [0.4, 0.5) is 0 Å². The van der Waals surface area contributed by atoms with Gasteiger partial charge in [-0.3, -0.25) is 4.79 Å². The molecule has 0 radical (unpaired) electrons. The summed E-state index contributed by atoms with van der Waals surface area (Å²) >= 11 is 12.5. The lowest BCUT2D eigenvalue weighted by Gasteiger charge is -2.34. The van der Waals surface area contributed by atoms with Crippen LogP contribution in [-0.4, -0.2) is 70.3 Å². The van der Waals surface area contributed by atoms with Crippen molar-refractivity contribution in [3.05, 3.63) is 75.8 Å². The molecule has 0 saturated carbocycles. The minimum atomic E-state index is -4.21. The zero-order valence-corrected chi connectivity index (χ0v) is 27.9. The molecule has 2 atom stereocenters. The van der Waals surface area contributed by atoms with Crippen LogP contribution in [0.2, 0.25) is 10.0 Å². The molecule has 1 heterocycles. The highest BCUT2D eigenvalue weighted by Crippen LogP contribution is 2.38. The zero-order valence-electron chi connectivity index (χ0n) is 25.5. The van der Waals surface area contributed by atoms with Gasteiger partial charge in [-0.05, 0) is 79.6 Å². The summed E-state index contributed by atoms with van der Waals surface area (Å²) in [5.41, 5.74) is 1.43. The van der Waals surface area contributed by atoms with E-state index >= 15 is 0 Å². The van der Waals surface area contributed by atoms with Crippen molar-refractivity contribution in [1.82, 2.24) is 4.31 Å². The van der Waals surface area contributed by atoms with Crippen LogP contribution in [0.25, 0.3) is 0 Å². The fourth-order valence-electron chi connectivity index (χ4n) is 5.24. The monoisotopic (exact) mass is 695 g/mol. The summed E-state index contributed by atoms with van der Waals surface area (Å²) in [6.07, 6.45) is 1.35. The first-order chi connectivity index (χ1) is 22.0. The van der Waals surface area contributed by atoms with Crippen molar-refractivity contribution in [3.8, 4) is 23.0 Å². The lowest BCUT2D eigenvalue weighted by atomic mass is 10.00. The van der Waals surface area contributed by atoms with Crippen molar-refractivity contribution in [1.29, 1.82) is 0 Å². The molecule has 0 aromatic heterocycles. The summed E-state index contributed by atoms with van der Waals surface area (Å²) in [5, 5.41) is 9.09. The number of aryl methyl sites for hydroxylation is 1. The van der Waals surface area contributed by atoms with Crippen molar-refractivity contribution < 1.29 is 46.8 Å². The first kappa shape index (κ1) is 35.1. The molecule has 0 amide bonds. The van der Waals surface area contributed by atoms with Gasteiger partial charge >= 0.3 is 11.9 Å². The number of hydrogen-bond acceptors (Lipinski definition) is 9. The Bertz CT molecular complexity index is 1640. The Labute approximate surface area is 277 Å². The third-order valence-electron chi connectivity index (χ3n) is 7.50. The third kappa shape index (κ3) is 8.35. The van der Waals surface area contributed by atoms with Crippen LogP contribution < -0.4 is 18.9 Å². The van der Waals surface area contributed by atoms with Crippen LogP contribution in [-0.2, 0) is 30.8 Å². The molecule has 1 aliphatic heterocycles. The van der Waals surface area contributed by atoms with Gasteiger partial charge in [0.25, 0.3) is 0 Å². The molecule has 0 bridgehead atoms. The van der Waals surface area contributed by atoms with E-state index in [1.807, 2.05) is 12.1 Å². The fraction of sp³-hybridized carbons (Fsp3) is 0.375. The van der Waals surface area contributed by atoms with Gasteiger partial charge in [0.05, 0.1) is 36.3 Å². The molecule has 1 saturated heterocycles. The maximum Gasteiger partial charge on any atom is 0.341 e. The molecule has 248 valence electrons. The third-order valence-corrected chi connectivity index (χ3v) is 9.95. The smallest absolute Gasteiger partial charge is 0.341 e. The molecule has 14 heteroatoms. The summed E-state index contributed by atoms with van der Waals surface area (Å²) in [4.78, 5) is 24.7. The molecule has 0 spiro atoms. The first-order valence-corrected chi connectivity index (χ1v) is 16.6. The minimum absolute atomic E-state index is 0.0185. The number of halogens is 2. The number of ether oxygens (including phenoxy) is 5. The molecule has 11 nitrogen and oxygen atoms in total. The van der Waals surface area contributed by atoms with Crippen LogP contribution in [0.5, 0.6) is 23.0 Å². The summed E-state index contributed by atoms with van der Waals surface area (Å²) < 4.78 is 56.1. The van der Waals surface area contributed by atoms with E-state index in [1.165, 1.54) is 26.4 Å². The van der Waals surface area contributed by atoms with Crippen LogP contribution in [0.1, 0.15) is 42.9 Å². The van der Waals surface area contributed by atoms with Gasteiger partial charge in [0.2, 0.25) is 10.0 Å². The topological polar surface area (TPSA) is 138 Å². The number of piperidine rings is 1. The Morgan fingerprint density at radius 2 is 1.67 bits per heavy atom. The van der Waals surface area contributed by atoms with Crippen LogP contribution >= 0.6 is 23.2 Å². The van der Waals surface area contributed by atoms with E-state index in [4.69, 9.17) is 52.0 Å². The highest BCUT2D eigenvalue weighted by Gasteiger charge is 2.40. The molecule has 1 aliphatic rings. The largest absolute Gasteiger partial charge is 0.494 e. The number of carbonyl (C=O) groups excluding carboxylic acids is 1. The quantitative estimate of drug-likeness (QED) is 0.202. The van der Waals surface area contributed by atoms with Crippen molar-refractivity contribution >= 4 is 45.2 Å². The van der Waals surface area contributed by atoms with Crippen molar-refractivity contribution in [2.75, 3.05) is 34.5 Å². The van der Waals surface area contributed by atoms with Gasteiger partial charge < -0.3 is 28.8 Å². The second-order valence-electron chi connectivity index (χ2n) is 10.5. The summed E-state index contributed by atoms with van der Waals surface area (Å²) in [7, 11) is 0.232. The van der Waals surface area contributed by atoms with E-state index in [0.717, 1.165) is 9.87 Å². The molecule has 0 aliphatic carbocycles. The maximum absolute atomic E-state index is 13.9. The predicted octanol–water partition coefficient (Wildman–Crippen LogP) is 5.94. The van der Waals surface area contributed by atoms with Gasteiger partial charge in [0, 0.05) is 6.54 Å². The fourth-order valence-corrected chi connectivity index (χ4v) is 7.71. The molecule has 3 aromatic carbocycles. The number of benzene rings is 3. The highest BCUT2D eigenvalue weighted by molar-refractivity contribution is 7.89. The van der Waals surface area contributed by atoms with Crippen molar-refractivity contribution in [2.24, 2.45) is 0 Å². The average Bonchev–Trinajstić information content (AvgIpc) is 3.05. The number of carboxylic acid groups (broad SMARTS) is 1. The predicted molar refractivity (Wildman–Crippen MR) is 171 cm³/mol. The number of sulfonamides is 1. The second-order valence-corrected chi connectivity index (χ2v) is 13.2. The second kappa shape index (κ2) is 15.7. The lowest BCUT2D eigenvalue weighted by molar-refractivity contribution is -0.155. The van der Waals surface area contributed by atoms with E-state index < -0.39 is 40.7 Å². The Balaban J connectivity index is 1.63. The molecule has 1 N–H and O–H groups in total. The van der Waals surface area contributed by atoms with Crippen molar-refractivity contribution in [3.63, 3.8) is 0 Å². The number of esters is 1. The molecule has 46 heavy (non-hydrogen) atoms. The maximum atomic E-state index is 13.9. The molecular formula is C32H35Cl2NO10S. The van der Waals surface area contributed by atoms with Crippen LogP contribution in [0, 0.1) is 0 Å².